The molecule has 0 bridgehead atoms. The summed E-state index contributed by atoms with van der Waals surface area (Å²) in [7, 11) is 1.86. The van der Waals surface area contributed by atoms with Crippen molar-refractivity contribution in [2.75, 3.05) is 5.32 Å². The molecular formula is C18H20N8O. The molecular weight excluding hydrogens is 344 g/mol. The lowest BCUT2D eigenvalue weighted by atomic mass is 10.1. The standard InChI is InChI=1S/C18H20N8O/c1-11(15-23-18(27)25-24-15)20-16-13-10-19-26(2)17(13)22-14(21-16)9-8-12-6-4-3-5-7-12/h3-7,10-11H,8-9H2,1-2H3,(H,20,21,22)(H2,23,24,25,27)/t11-/m1/s1. The SMILES string of the molecule is C[C@@H](Nc1nc(CCc2ccccc2)nc2c1cnn2C)c1n[nH]c(=O)[nH]1. The predicted molar refractivity (Wildman–Crippen MR) is 101 cm³/mol. The number of aromatic amines is 2. The molecule has 3 heterocycles. The first-order valence-corrected chi connectivity index (χ1v) is 8.74. The van der Waals surface area contributed by atoms with E-state index in [0.29, 0.717) is 18.1 Å². The number of anilines is 1. The average molecular weight is 364 g/mol. The topological polar surface area (TPSA) is 117 Å². The van der Waals surface area contributed by atoms with Crippen molar-refractivity contribution in [2.45, 2.75) is 25.8 Å². The van der Waals surface area contributed by atoms with Gasteiger partial charge in [-0.05, 0) is 18.9 Å². The second-order valence-corrected chi connectivity index (χ2v) is 6.41. The zero-order chi connectivity index (χ0) is 18.8. The second kappa shape index (κ2) is 7.02. The lowest BCUT2D eigenvalue weighted by molar-refractivity contribution is 0.769. The molecule has 0 radical (unpaired) electrons. The lowest BCUT2D eigenvalue weighted by Gasteiger charge is -2.13. The summed E-state index contributed by atoms with van der Waals surface area (Å²) in [5.74, 6) is 1.93. The minimum absolute atomic E-state index is 0.232. The minimum Gasteiger partial charge on any atom is -0.360 e. The molecule has 0 unspecified atom stereocenters. The Morgan fingerprint density at radius 3 is 2.74 bits per heavy atom. The minimum atomic E-state index is -0.337. The molecule has 9 heteroatoms. The summed E-state index contributed by atoms with van der Waals surface area (Å²) in [6.07, 6.45) is 3.30. The quantitative estimate of drug-likeness (QED) is 0.480. The molecule has 0 fully saturated rings. The van der Waals surface area contributed by atoms with Gasteiger partial charge in [-0.25, -0.2) is 19.9 Å². The van der Waals surface area contributed by atoms with Crippen molar-refractivity contribution >= 4 is 16.9 Å². The number of H-pyrrole nitrogens is 2. The van der Waals surface area contributed by atoms with Crippen LogP contribution in [0.1, 0.15) is 30.2 Å². The number of hydrogen-bond acceptors (Lipinski definition) is 6. The van der Waals surface area contributed by atoms with E-state index in [9.17, 15) is 4.79 Å². The molecule has 0 saturated carbocycles. The van der Waals surface area contributed by atoms with Gasteiger partial charge in [0.15, 0.2) is 11.5 Å². The van der Waals surface area contributed by atoms with Gasteiger partial charge in [-0.1, -0.05) is 30.3 Å². The Labute approximate surface area is 154 Å². The lowest BCUT2D eigenvalue weighted by Crippen LogP contribution is -2.13. The zero-order valence-corrected chi connectivity index (χ0v) is 15.1. The largest absolute Gasteiger partial charge is 0.360 e. The van der Waals surface area contributed by atoms with Gasteiger partial charge in [0.2, 0.25) is 0 Å². The van der Waals surface area contributed by atoms with Gasteiger partial charge in [0.1, 0.15) is 11.6 Å². The van der Waals surface area contributed by atoms with E-state index in [2.05, 4.69) is 42.7 Å². The normalized spacial score (nSPS) is 12.4. The van der Waals surface area contributed by atoms with Crippen molar-refractivity contribution in [1.29, 1.82) is 0 Å². The molecule has 0 aliphatic carbocycles. The van der Waals surface area contributed by atoms with E-state index < -0.39 is 0 Å². The molecule has 0 saturated heterocycles. The van der Waals surface area contributed by atoms with Crippen molar-refractivity contribution in [3.05, 3.63) is 64.2 Å². The van der Waals surface area contributed by atoms with Crippen LogP contribution in [0, 0.1) is 0 Å². The third kappa shape index (κ3) is 3.57. The monoisotopic (exact) mass is 364 g/mol. The third-order valence-electron chi connectivity index (χ3n) is 4.40. The summed E-state index contributed by atoms with van der Waals surface area (Å²) in [5.41, 5.74) is 1.66. The maximum absolute atomic E-state index is 11.3. The molecule has 0 spiro atoms. The van der Waals surface area contributed by atoms with Crippen LogP contribution in [0.3, 0.4) is 0 Å². The van der Waals surface area contributed by atoms with Crippen LogP contribution in [0.25, 0.3) is 11.0 Å². The van der Waals surface area contributed by atoms with Crippen LogP contribution < -0.4 is 11.0 Å². The fraction of sp³-hybridized carbons (Fsp3) is 0.278. The number of aromatic nitrogens is 7. The van der Waals surface area contributed by atoms with E-state index in [4.69, 9.17) is 4.98 Å². The van der Waals surface area contributed by atoms with Crippen LogP contribution in [-0.4, -0.2) is 34.9 Å². The molecule has 3 N–H and O–H groups in total. The number of benzene rings is 1. The van der Waals surface area contributed by atoms with E-state index in [0.717, 1.165) is 23.3 Å². The Bertz CT molecular complexity index is 1110. The first-order valence-electron chi connectivity index (χ1n) is 8.74. The summed E-state index contributed by atoms with van der Waals surface area (Å²) in [6, 6.07) is 10.0. The van der Waals surface area contributed by atoms with Gasteiger partial charge in [0, 0.05) is 13.5 Å². The Hall–Kier alpha value is -3.49. The molecule has 1 atom stereocenters. The fourth-order valence-electron chi connectivity index (χ4n) is 2.95. The number of aryl methyl sites for hydroxylation is 3. The van der Waals surface area contributed by atoms with Crippen LogP contribution in [0.15, 0.2) is 41.3 Å². The molecule has 3 aromatic heterocycles. The van der Waals surface area contributed by atoms with Crippen molar-refractivity contribution in [3.63, 3.8) is 0 Å². The Balaban J connectivity index is 1.63. The van der Waals surface area contributed by atoms with Gasteiger partial charge in [-0.2, -0.15) is 10.2 Å². The zero-order valence-electron chi connectivity index (χ0n) is 15.1. The maximum atomic E-state index is 11.3. The van der Waals surface area contributed by atoms with Crippen LogP contribution in [0.2, 0.25) is 0 Å². The van der Waals surface area contributed by atoms with Crippen LogP contribution in [0.5, 0.6) is 0 Å². The predicted octanol–water partition coefficient (Wildman–Crippen LogP) is 1.73. The molecule has 9 nitrogen and oxygen atoms in total. The van der Waals surface area contributed by atoms with E-state index in [1.807, 2.05) is 32.2 Å². The maximum Gasteiger partial charge on any atom is 0.340 e. The Morgan fingerprint density at radius 2 is 2.00 bits per heavy atom. The molecule has 0 aliphatic heterocycles. The second-order valence-electron chi connectivity index (χ2n) is 6.41. The van der Waals surface area contributed by atoms with E-state index in [1.165, 1.54) is 5.56 Å². The number of rotatable bonds is 6. The Kier molecular flexibility index (Phi) is 4.41. The molecule has 0 amide bonds. The van der Waals surface area contributed by atoms with Crippen LogP contribution in [0.4, 0.5) is 5.82 Å². The van der Waals surface area contributed by atoms with E-state index in [1.54, 1.807) is 10.9 Å². The highest BCUT2D eigenvalue weighted by atomic mass is 16.1. The van der Waals surface area contributed by atoms with Gasteiger partial charge in [-0.15, -0.1) is 0 Å². The van der Waals surface area contributed by atoms with Crippen LogP contribution in [-0.2, 0) is 19.9 Å². The molecule has 138 valence electrons. The smallest absolute Gasteiger partial charge is 0.340 e. The molecule has 4 aromatic rings. The Morgan fingerprint density at radius 1 is 1.19 bits per heavy atom. The molecule has 4 rings (SSSR count). The highest BCUT2D eigenvalue weighted by molar-refractivity contribution is 5.86. The average Bonchev–Trinajstić information content (AvgIpc) is 3.27. The number of nitrogens with one attached hydrogen (secondary N) is 3. The van der Waals surface area contributed by atoms with Crippen molar-refractivity contribution < 1.29 is 0 Å². The van der Waals surface area contributed by atoms with Crippen molar-refractivity contribution in [1.82, 2.24) is 34.9 Å². The summed E-state index contributed by atoms with van der Waals surface area (Å²) >= 11 is 0. The van der Waals surface area contributed by atoms with Crippen LogP contribution >= 0.6 is 0 Å². The van der Waals surface area contributed by atoms with Gasteiger partial charge in [-0.3, -0.25) is 9.67 Å². The highest BCUT2D eigenvalue weighted by Crippen LogP contribution is 2.23. The summed E-state index contributed by atoms with van der Waals surface area (Å²) < 4.78 is 1.73. The third-order valence-corrected chi connectivity index (χ3v) is 4.40. The number of nitrogens with zero attached hydrogens (tertiary/aromatic N) is 5. The molecule has 1 aromatic carbocycles. The van der Waals surface area contributed by atoms with Crippen molar-refractivity contribution in [3.8, 4) is 0 Å². The van der Waals surface area contributed by atoms with E-state index in [-0.39, 0.29) is 11.7 Å². The highest BCUT2D eigenvalue weighted by Gasteiger charge is 2.16. The molecule has 27 heavy (non-hydrogen) atoms. The number of hydrogen-bond donors (Lipinski definition) is 3. The molecule has 0 aliphatic rings. The summed E-state index contributed by atoms with van der Waals surface area (Å²) in [6.45, 7) is 1.90. The van der Waals surface area contributed by atoms with Gasteiger partial charge in [0.25, 0.3) is 0 Å². The fourth-order valence-corrected chi connectivity index (χ4v) is 2.95. The summed E-state index contributed by atoms with van der Waals surface area (Å²) in [4.78, 5) is 23.3. The number of fused-ring (bicyclic) bond motifs is 1. The van der Waals surface area contributed by atoms with Gasteiger partial charge in [0.05, 0.1) is 17.6 Å². The first kappa shape index (κ1) is 17.0. The summed E-state index contributed by atoms with van der Waals surface area (Å²) in [5, 5.41) is 14.8. The van der Waals surface area contributed by atoms with Gasteiger partial charge < -0.3 is 5.32 Å². The van der Waals surface area contributed by atoms with Gasteiger partial charge >= 0.3 is 5.69 Å². The first-order chi connectivity index (χ1) is 13.1. The van der Waals surface area contributed by atoms with E-state index >= 15 is 0 Å². The van der Waals surface area contributed by atoms with Crippen molar-refractivity contribution in [2.24, 2.45) is 7.05 Å².